The van der Waals surface area contributed by atoms with Gasteiger partial charge in [-0.15, -0.1) is 0 Å². The first-order chi connectivity index (χ1) is 12.6. The molecule has 1 atom stereocenters. The van der Waals surface area contributed by atoms with Gasteiger partial charge in [-0.1, -0.05) is 0 Å². The number of ether oxygens (including phenoxy) is 1. The molecule has 0 saturated heterocycles. The average Bonchev–Trinajstić information content (AvgIpc) is 3.36. The molecular formula is C19H20N2O4S. The molecule has 3 aromatic rings. The topological polar surface area (TPSA) is 83.7 Å². The summed E-state index contributed by atoms with van der Waals surface area (Å²) in [4.78, 5) is 12.2. The number of hydrogen-bond acceptors (Lipinski definition) is 5. The van der Waals surface area contributed by atoms with Gasteiger partial charge in [-0.3, -0.25) is 0 Å². The third-order valence-electron chi connectivity index (χ3n) is 3.86. The van der Waals surface area contributed by atoms with E-state index in [1.807, 2.05) is 17.7 Å². The smallest absolute Gasteiger partial charge is 0.319 e. The Kier molecular flexibility index (Phi) is 5.60. The van der Waals surface area contributed by atoms with Crippen molar-refractivity contribution in [2.45, 2.75) is 12.5 Å². The summed E-state index contributed by atoms with van der Waals surface area (Å²) in [5.41, 5.74) is -0.138. The molecular weight excluding hydrogens is 352 g/mol. The highest BCUT2D eigenvalue weighted by Crippen LogP contribution is 2.31. The molecule has 2 heterocycles. The molecule has 0 aliphatic heterocycles. The predicted molar refractivity (Wildman–Crippen MR) is 101 cm³/mol. The average molecular weight is 372 g/mol. The molecule has 136 valence electrons. The zero-order valence-corrected chi connectivity index (χ0v) is 15.1. The van der Waals surface area contributed by atoms with Crippen molar-refractivity contribution in [1.82, 2.24) is 5.32 Å². The Hall–Kier alpha value is -2.77. The van der Waals surface area contributed by atoms with Crippen molar-refractivity contribution in [2.75, 3.05) is 18.5 Å². The van der Waals surface area contributed by atoms with Crippen molar-refractivity contribution in [3.05, 3.63) is 70.8 Å². The Morgan fingerprint density at radius 1 is 1.27 bits per heavy atom. The number of amides is 2. The van der Waals surface area contributed by atoms with Gasteiger partial charge in [0.1, 0.15) is 11.5 Å². The number of benzene rings is 1. The molecule has 0 spiro atoms. The van der Waals surface area contributed by atoms with E-state index in [0.29, 0.717) is 23.6 Å². The van der Waals surface area contributed by atoms with Crippen LogP contribution in [0.5, 0.6) is 5.75 Å². The van der Waals surface area contributed by atoms with Crippen LogP contribution >= 0.6 is 11.3 Å². The molecule has 26 heavy (non-hydrogen) atoms. The van der Waals surface area contributed by atoms with Crippen LogP contribution in [0, 0.1) is 0 Å². The van der Waals surface area contributed by atoms with E-state index in [1.54, 1.807) is 42.5 Å². The monoisotopic (exact) mass is 372 g/mol. The van der Waals surface area contributed by atoms with Crippen LogP contribution in [0.1, 0.15) is 18.2 Å². The standard InChI is InChI=1S/C19H20N2O4S/c1-2-24-16-7-5-15(6-8-16)21-18(22)20-13-19(23,14-9-11-26-12-14)17-4-3-10-25-17/h3-12,23H,2,13H2,1H3,(H2,20,21,22). The number of thiophene rings is 1. The first kappa shape index (κ1) is 18.0. The third kappa shape index (κ3) is 4.07. The summed E-state index contributed by atoms with van der Waals surface area (Å²) in [6, 6.07) is 11.8. The predicted octanol–water partition coefficient (Wildman–Crippen LogP) is 3.80. The fourth-order valence-electron chi connectivity index (χ4n) is 2.53. The van der Waals surface area contributed by atoms with Crippen molar-refractivity contribution >= 4 is 23.1 Å². The van der Waals surface area contributed by atoms with Gasteiger partial charge in [0.15, 0.2) is 5.60 Å². The molecule has 1 unspecified atom stereocenters. The Bertz CT molecular complexity index is 780. The van der Waals surface area contributed by atoms with E-state index in [4.69, 9.17) is 9.15 Å². The number of aliphatic hydroxyl groups is 1. The number of hydrogen-bond donors (Lipinski definition) is 3. The van der Waals surface area contributed by atoms with E-state index >= 15 is 0 Å². The molecule has 0 radical (unpaired) electrons. The van der Waals surface area contributed by atoms with E-state index in [9.17, 15) is 9.90 Å². The van der Waals surface area contributed by atoms with Gasteiger partial charge in [0, 0.05) is 11.3 Å². The summed E-state index contributed by atoms with van der Waals surface area (Å²) < 4.78 is 10.7. The van der Waals surface area contributed by atoms with Gasteiger partial charge in [-0.2, -0.15) is 11.3 Å². The molecule has 2 amide bonds. The minimum absolute atomic E-state index is 0.0277. The molecule has 0 fully saturated rings. The molecule has 0 aliphatic rings. The first-order valence-electron chi connectivity index (χ1n) is 8.18. The lowest BCUT2D eigenvalue weighted by atomic mass is 9.93. The van der Waals surface area contributed by atoms with Crippen molar-refractivity contribution in [1.29, 1.82) is 0 Å². The normalized spacial score (nSPS) is 13.0. The third-order valence-corrected chi connectivity index (χ3v) is 4.54. The largest absolute Gasteiger partial charge is 0.494 e. The molecule has 0 saturated carbocycles. The summed E-state index contributed by atoms with van der Waals surface area (Å²) in [5.74, 6) is 1.11. The van der Waals surface area contributed by atoms with E-state index in [2.05, 4.69) is 10.6 Å². The Balaban J connectivity index is 1.65. The Morgan fingerprint density at radius 2 is 2.08 bits per heavy atom. The lowest BCUT2D eigenvalue weighted by Gasteiger charge is -2.25. The summed E-state index contributed by atoms with van der Waals surface area (Å²) in [6.07, 6.45) is 1.49. The summed E-state index contributed by atoms with van der Waals surface area (Å²) >= 11 is 1.46. The van der Waals surface area contributed by atoms with Gasteiger partial charge in [-0.05, 0) is 60.1 Å². The molecule has 0 bridgehead atoms. The minimum Gasteiger partial charge on any atom is -0.494 e. The van der Waals surface area contributed by atoms with E-state index in [-0.39, 0.29) is 6.54 Å². The molecule has 0 aliphatic carbocycles. The van der Waals surface area contributed by atoms with Crippen LogP contribution in [-0.2, 0) is 5.60 Å². The number of rotatable bonds is 7. The second-order valence-electron chi connectivity index (χ2n) is 5.61. The summed E-state index contributed by atoms with van der Waals surface area (Å²) in [6.45, 7) is 2.47. The quantitative estimate of drug-likeness (QED) is 0.589. The van der Waals surface area contributed by atoms with Crippen LogP contribution < -0.4 is 15.4 Å². The second-order valence-corrected chi connectivity index (χ2v) is 6.39. The van der Waals surface area contributed by atoms with Gasteiger partial charge >= 0.3 is 6.03 Å². The number of nitrogens with one attached hydrogen (secondary N) is 2. The molecule has 7 heteroatoms. The van der Waals surface area contributed by atoms with Crippen LogP contribution in [0.3, 0.4) is 0 Å². The van der Waals surface area contributed by atoms with Crippen LogP contribution in [0.15, 0.2) is 63.9 Å². The van der Waals surface area contributed by atoms with Crippen molar-refractivity contribution in [2.24, 2.45) is 0 Å². The maximum Gasteiger partial charge on any atom is 0.319 e. The van der Waals surface area contributed by atoms with Crippen molar-refractivity contribution in [3.8, 4) is 5.75 Å². The van der Waals surface area contributed by atoms with Crippen molar-refractivity contribution < 1.29 is 19.1 Å². The van der Waals surface area contributed by atoms with E-state index < -0.39 is 11.6 Å². The number of carbonyl (C=O) groups is 1. The van der Waals surface area contributed by atoms with Crippen molar-refractivity contribution in [3.63, 3.8) is 0 Å². The fraction of sp³-hybridized carbons (Fsp3) is 0.211. The number of urea groups is 1. The number of furan rings is 1. The SMILES string of the molecule is CCOc1ccc(NC(=O)NCC(O)(c2ccsc2)c2ccco2)cc1. The molecule has 2 aromatic heterocycles. The maximum absolute atomic E-state index is 12.2. The zero-order valence-electron chi connectivity index (χ0n) is 14.3. The summed E-state index contributed by atoms with van der Waals surface area (Å²) in [7, 11) is 0. The molecule has 3 N–H and O–H groups in total. The van der Waals surface area contributed by atoms with Gasteiger partial charge in [-0.25, -0.2) is 4.79 Å². The van der Waals surface area contributed by atoms with Gasteiger partial charge < -0.3 is 24.9 Å². The van der Waals surface area contributed by atoms with Gasteiger partial charge in [0.2, 0.25) is 0 Å². The van der Waals surface area contributed by atoms with E-state index in [1.165, 1.54) is 17.6 Å². The lowest BCUT2D eigenvalue weighted by Crippen LogP contribution is -2.42. The second kappa shape index (κ2) is 8.07. The molecule has 3 rings (SSSR count). The van der Waals surface area contributed by atoms with Gasteiger partial charge in [0.25, 0.3) is 0 Å². The Labute approximate surface area is 155 Å². The lowest BCUT2D eigenvalue weighted by molar-refractivity contribution is 0.0597. The fourth-order valence-corrected chi connectivity index (χ4v) is 3.25. The number of carbonyl (C=O) groups excluding carboxylic acids is 1. The van der Waals surface area contributed by atoms with Crippen LogP contribution in [0.4, 0.5) is 10.5 Å². The van der Waals surface area contributed by atoms with E-state index in [0.717, 1.165) is 5.75 Å². The maximum atomic E-state index is 12.2. The highest BCUT2D eigenvalue weighted by Gasteiger charge is 2.35. The highest BCUT2D eigenvalue weighted by atomic mass is 32.1. The van der Waals surface area contributed by atoms with Crippen LogP contribution in [0.25, 0.3) is 0 Å². The molecule has 6 nitrogen and oxygen atoms in total. The van der Waals surface area contributed by atoms with Gasteiger partial charge in [0.05, 0.1) is 19.4 Å². The zero-order chi connectivity index (χ0) is 18.4. The van der Waals surface area contributed by atoms with Crippen LogP contribution in [0.2, 0.25) is 0 Å². The molecule has 1 aromatic carbocycles. The first-order valence-corrected chi connectivity index (χ1v) is 9.13. The highest BCUT2D eigenvalue weighted by molar-refractivity contribution is 7.08. The number of anilines is 1. The Morgan fingerprint density at radius 3 is 2.69 bits per heavy atom. The van der Waals surface area contributed by atoms with Crippen LogP contribution in [-0.4, -0.2) is 24.3 Å². The minimum atomic E-state index is -1.43. The summed E-state index contributed by atoms with van der Waals surface area (Å²) in [5, 5.41) is 20.2.